The van der Waals surface area contributed by atoms with Crippen molar-refractivity contribution in [3.63, 3.8) is 0 Å². The van der Waals surface area contributed by atoms with Crippen LogP contribution in [0.3, 0.4) is 0 Å². The fourth-order valence-corrected chi connectivity index (χ4v) is 2.35. The normalized spacial score (nSPS) is 33.5. The summed E-state index contributed by atoms with van der Waals surface area (Å²) in [7, 11) is 0. The highest BCUT2D eigenvalue weighted by molar-refractivity contribution is 6.05. The average molecular weight is 183 g/mol. The van der Waals surface area contributed by atoms with Crippen LogP contribution in [0.2, 0.25) is 0 Å². The van der Waals surface area contributed by atoms with Crippen LogP contribution in [0.5, 0.6) is 0 Å². The van der Waals surface area contributed by atoms with Crippen LogP contribution in [0.4, 0.5) is 0 Å². The van der Waals surface area contributed by atoms with Crippen LogP contribution in [-0.4, -0.2) is 11.8 Å². The van der Waals surface area contributed by atoms with Gasteiger partial charge in [-0.1, -0.05) is 42.5 Å². The maximum Gasteiger partial charge on any atom is 0.0547 e. The van der Waals surface area contributed by atoms with E-state index in [-0.39, 0.29) is 0 Å². The van der Waals surface area contributed by atoms with E-state index >= 15 is 0 Å². The monoisotopic (exact) mass is 183 g/mol. The second kappa shape index (κ2) is 2.81. The molecule has 0 saturated heterocycles. The van der Waals surface area contributed by atoms with Crippen molar-refractivity contribution in [2.45, 2.75) is 13.0 Å². The van der Waals surface area contributed by atoms with E-state index in [1.54, 1.807) is 0 Å². The molecule has 2 aliphatic rings. The SMILES string of the molecule is CC1N=C(c2ccccc2)[C@H]2C=C[C@@H]12. The number of allylic oxidation sites excluding steroid dienone is 1. The molecule has 0 radical (unpaired) electrons. The summed E-state index contributed by atoms with van der Waals surface area (Å²) >= 11 is 0. The molecule has 1 aromatic carbocycles. The minimum absolute atomic E-state index is 0.472. The van der Waals surface area contributed by atoms with Gasteiger partial charge in [-0.05, 0) is 12.5 Å². The Morgan fingerprint density at radius 3 is 2.43 bits per heavy atom. The van der Waals surface area contributed by atoms with Gasteiger partial charge in [-0.25, -0.2) is 0 Å². The fourth-order valence-electron chi connectivity index (χ4n) is 2.35. The van der Waals surface area contributed by atoms with Crippen molar-refractivity contribution in [3.05, 3.63) is 48.0 Å². The van der Waals surface area contributed by atoms with Gasteiger partial charge < -0.3 is 0 Å². The molecule has 1 aromatic rings. The van der Waals surface area contributed by atoms with Crippen molar-refractivity contribution >= 4 is 5.71 Å². The van der Waals surface area contributed by atoms with Crippen molar-refractivity contribution in [3.8, 4) is 0 Å². The number of benzene rings is 1. The molecule has 0 spiro atoms. The van der Waals surface area contributed by atoms with E-state index in [1.807, 2.05) is 0 Å². The van der Waals surface area contributed by atoms with Gasteiger partial charge in [-0.2, -0.15) is 0 Å². The molecule has 0 bridgehead atoms. The number of aliphatic imine (C=N–C) groups is 1. The van der Waals surface area contributed by atoms with Crippen LogP contribution in [0.25, 0.3) is 0 Å². The average Bonchev–Trinajstić information content (AvgIpc) is 2.37. The first-order valence-corrected chi connectivity index (χ1v) is 5.18. The minimum atomic E-state index is 0.472. The summed E-state index contributed by atoms with van der Waals surface area (Å²) in [5.74, 6) is 1.26. The molecule has 3 rings (SSSR count). The Hall–Kier alpha value is -1.37. The largest absolute Gasteiger partial charge is 0.285 e. The number of rotatable bonds is 1. The summed E-state index contributed by atoms with van der Waals surface area (Å²) in [5.41, 5.74) is 2.57. The van der Waals surface area contributed by atoms with E-state index in [0.717, 1.165) is 0 Å². The van der Waals surface area contributed by atoms with E-state index in [4.69, 9.17) is 4.99 Å². The van der Waals surface area contributed by atoms with Crippen molar-refractivity contribution in [1.29, 1.82) is 0 Å². The zero-order valence-corrected chi connectivity index (χ0v) is 8.22. The van der Waals surface area contributed by atoms with E-state index in [1.165, 1.54) is 11.3 Å². The molecule has 1 aliphatic heterocycles. The molecule has 14 heavy (non-hydrogen) atoms. The number of fused-ring (bicyclic) bond motifs is 1. The lowest BCUT2D eigenvalue weighted by Gasteiger charge is -2.25. The van der Waals surface area contributed by atoms with Crippen molar-refractivity contribution in [2.75, 3.05) is 0 Å². The minimum Gasteiger partial charge on any atom is -0.285 e. The van der Waals surface area contributed by atoms with Gasteiger partial charge in [0.05, 0.1) is 6.04 Å². The van der Waals surface area contributed by atoms with Crippen molar-refractivity contribution in [2.24, 2.45) is 16.8 Å². The number of nitrogens with zero attached hydrogens (tertiary/aromatic N) is 1. The van der Waals surface area contributed by atoms with Crippen LogP contribution in [0, 0.1) is 11.8 Å². The quantitative estimate of drug-likeness (QED) is 0.593. The summed E-state index contributed by atoms with van der Waals surface area (Å²) in [4.78, 5) is 4.74. The third-order valence-electron chi connectivity index (χ3n) is 3.24. The Kier molecular flexibility index (Phi) is 1.60. The standard InChI is InChI=1S/C13H13N/c1-9-11-7-8-12(11)13(14-9)10-5-3-2-4-6-10/h2-9,11-12H,1H3/t9?,11-,12-/m0/s1. The first kappa shape index (κ1) is 7.98. The molecule has 1 unspecified atom stereocenters. The van der Waals surface area contributed by atoms with Crippen molar-refractivity contribution < 1.29 is 0 Å². The molecule has 1 heterocycles. The van der Waals surface area contributed by atoms with Gasteiger partial charge >= 0.3 is 0 Å². The van der Waals surface area contributed by atoms with E-state index in [9.17, 15) is 0 Å². The maximum atomic E-state index is 4.74. The van der Waals surface area contributed by atoms with Crippen molar-refractivity contribution in [1.82, 2.24) is 0 Å². The summed E-state index contributed by atoms with van der Waals surface area (Å²) < 4.78 is 0. The predicted molar refractivity (Wildman–Crippen MR) is 58.6 cm³/mol. The second-order valence-electron chi connectivity index (χ2n) is 4.11. The molecular formula is C13H13N. The van der Waals surface area contributed by atoms with Gasteiger partial charge in [0.15, 0.2) is 0 Å². The Morgan fingerprint density at radius 1 is 1.07 bits per heavy atom. The third kappa shape index (κ3) is 0.985. The van der Waals surface area contributed by atoms with Gasteiger partial charge in [0.1, 0.15) is 0 Å². The molecule has 0 N–H and O–H groups in total. The molecule has 1 aliphatic carbocycles. The summed E-state index contributed by atoms with van der Waals surface area (Å²) in [6.07, 6.45) is 4.56. The Balaban J connectivity index is 2.01. The summed E-state index contributed by atoms with van der Waals surface area (Å²) in [5, 5.41) is 0. The highest BCUT2D eigenvalue weighted by Crippen LogP contribution is 2.38. The molecule has 0 fully saturated rings. The van der Waals surface area contributed by atoms with E-state index in [0.29, 0.717) is 17.9 Å². The van der Waals surface area contributed by atoms with Crippen LogP contribution in [0.15, 0.2) is 47.5 Å². The molecule has 0 amide bonds. The van der Waals surface area contributed by atoms with E-state index < -0.39 is 0 Å². The number of hydrogen-bond donors (Lipinski definition) is 0. The molecule has 0 saturated carbocycles. The Morgan fingerprint density at radius 2 is 1.86 bits per heavy atom. The van der Waals surface area contributed by atoms with Gasteiger partial charge in [0.2, 0.25) is 0 Å². The van der Waals surface area contributed by atoms with Gasteiger partial charge in [0.25, 0.3) is 0 Å². The zero-order chi connectivity index (χ0) is 9.54. The highest BCUT2D eigenvalue weighted by Gasteiger charge is 2.38. The lowest BCUT2D eigenvalue weighted by molar-refractivity contribution is 0.490. The molecule has 1 nitrogen and oxygen atoms in total. The van der Waals surface area contributed by atoms with Crippen LogP contribution in [0.1, 0.15) is 12.5 Å². The van der Waals surface area contributed by atoms with Gasteiger partial charge in [-0.3, -0.25) is 4.99 Å². The Labute approximate surface area is 84.2 Å². The van der Waals surface area contributed by atoms with Crippen LogP contribution >= 0.6 is 0 Å². The summed E-state index contributed by atoms with van der Waals surface area (Å²) in [6.45, 7) is 2.21. The predicted octanol–water partition coefficient (Wildman–Crippen LogP) is 2.68. The first-order chi connectivity index (χ1) is 6.86. The van der Waals surface area contributed by atoms with Gasteiger partial charge in [-0.15, -0.1) is 0 Å². The smallest absolute Gasteiger partial charge is 0.0547 e. The number of hydrogen-bond acceptors (Lipinski definition) is 1. The molecule has 70 valence electrons. The fraction of sp³-hybridized carbons (Fsp3) is 0.308. The third-order valence-corrected chi connectivity index (χ3v) is 3.24. The lowest BCUT2D eigenvalue weighted by atomic mass is 9.77. The highest BCUT2D eigenvalue weighted by atomic mass is 14.9. The van der Waals surface area contributed by atoms with Crippen LogP contribution < -0.4 is 0 Å². The second-order valence-corrected chi connectivity index (χ2v) is 4.11. The molecule has 0 aromatic heterocycles. The zero-order valence-electron chi connectivity index (χ0n) is 8.22. The first-order valence-electron chi connectivity index (χ1n) is 5.18. The summed E-state index contributed by atoms with van der Waals surface area (Å²) in [6, 6.07) is 11.0. The van der Waals surface area contributed by atoms with Gasteiger partial charge in [0, 0.05) is 17.5 Å². The molecular weight excluding hydrogens is 170 g/mol. The maximum absolute atomic E-state index is 4.74. The lowest BCUT2D eigenvalue weighted by Crippen LogP contribution is -2.25. The molecule has 1 heteroatoms. The molecule has 3 atom stereocenters. The van der Waals surface area contributed by atoms with E-state index in [2.05, 4.69) is 49.4 Å². The topological polar surface area (TPSA) is 12.4 Å². The Bertz CT molecular complexity index is 403. The van der Waals surface area contributed by atoms with Crippen LogP contribution in [-0.2, 0) is 0 Å².